The van der Waals surface area contributed by atoms with Gasteiger partial charge in [0.15, 0.2) is 0 Å². The number of hydrogen-bond donors (Lipinski definition) is 0. The molecule has 0 saturated heterocycles. The first-order valence-electron chi connectivity index (χ1n) is 5.62. The van der Waals surface area contributed by atoms with Gasteiger partial charge in [-0.05, 0) is 42.3 Å². The van der Waals surface area contributed by atoms with Crippen molar-refractivity contribution in [1.29, 1.82) is 0 Å². The smallest absolute Gasteiger partial charge is 0.0909 e. The van der Waals surface area contributed by atoms with Crippen molar-refractivity contribution in [3.8, 4) is 0 Å². The second-order valence-electron chi connectivity index (χ2n) is 4.03. The molecule has 3 rings (SSSR count). The van der Waals surface area contributed by atoms with Gasteiger partial charge >= 0.3 is 0 Å². The molecule has 0 atom stereocenters. The SMILES string of the molecule is CCc1ccc2nc3cc(Cl)ccc3nc2c1. The summed E-state index contributed by atoms with van der Waals surface area (Å²) in [6.07, 6.45) is 1.01. The lowest BCUT2D eigenvalue weighted by molar-refractivity contribution is 1.14. The summed E-state index contributed by atoms with van der Waals surface area (Å²) in [5.41, 5.74) is 4.86. The van der Waals surface area contributed by atoms with Gasteiger partial charge in [0.1, 0.15) is 0 Å². The van der Waals surface area contributed by atoms with Gasteiger partial charge in [-0.15, -0.1) is 0 Å². The van der Waals surface area contributed by atoms with E-state index in [2.05, 4.69) is 29.0 Å². The Morgan fingerprint density at radius 2 is 1.53 bits per heavy atom. The molecule has 0 aliphatic heterocycles. The van der Waals surface area contributed by atoms with Crippen molar-refractivity contribution in [1.82, 2.24) is 9.97 Å². The highest BCUT2D eigenvalue weighted by Gasteiger charge is 2.02. The van der Waals surface area contributed by atoms with Gasteiger partial charge in [0, 0.05) is 5.02 Å². The number of aryl methyl sites for hydroxylation is 1. The number of aromatic nitrogens is 2. The van der Waals surface area contributed by atoms with Crippen LogP contribution in [0.4, 0.5) is 0 Å². The topological polar surface area (TPSA) is 25.8 Å². The van der Waals surface area contributed by atoms with Crippen molar-refractivity contribution in [2.45, 2.75) is 13.3 Å². The third kappa shape index (κ3) is 1.85. The van der Waals surface area contributed by atoms with Crippen LogP contribution in [0.2, 0.25) is 5.02 Å². The van der Waals surface area contributed by atoms with Gasteiger partial charge in [-0.2, -0.15) is 0 Å². The minimum atomic E-state index is 0.691. The van der Waals surface area contributed by atoms with E-state index in [0.717, 1.165) is 28.5 Å². The zero-order valence-electron chi connectivity index (χ0n) is 9.44. The second kappa shape index (κ2) is 3.97. The fourth-order valence-electron chi connectivity index (χ4n) is 1.91. The predicted octanol–water partition coefficient (Wildman–Crippen LogP) is 4.00. The van der Waals surface area contributed by atoms with Crippen molar-refractivity contribution >= 4 is 33.7 Å². The highest BCUT2D eigenvalue weighted by atomic mass is 35.5. The lowest BCUT2D eigenvalue weighted by atomic mass is 10.1. The van der Waals surface area contributed by atoms with Gasteiger partial charge in [-0.3, -0.25) is 0 Å². The molecule has 1 aromatic heterocycles. The molecular weight excluding hydrogens is 232 g/mol. The van der Waals surface area contributed by atoms with Gasteiger partial charge in [0.05, 0.1) is 22.1 Å². The molecule has 2 nitrogen and oxygen atoms in total. The minimum Gasteiger partial charge on any atom is -0.244 e. The zero-order valence-corrected chi connectivity index (χ0v) is 10.2. The highest BCUT2D eigenvalue weighted by Crippen LogP contribution is 2.20. The number of rotatable bonds is 1. The van der Waals surface area contributed by atoms with Crippen molar-refractivity contribution < 1.29 is 0 Å². The molecule has 84 valence electrons. The van der Waals surface area contributed by atoms with Crippen molar-refractivity contribution in [3.05, 3.63) is 47.0 Å². The van der Waals surface area contributed by atoms with E-state index >= 15 is 0 Å². The maximum Gasteiger partial charge on any atom is 0.0909 e. The van der Waals surface area contributed by atoms with Gasteiger partial charge in [0.25, 0.3) is 0 Å². The summed E-state index contributed by atoms with van der Waals surface area (Å²) in [4.78, 5) is 9.17. The van der Waals surface area contributed by atoms with Crippen LogP contribution >= 0.6 is 11.6 Å². The number of halogens is 1. The molecular formula is C14H11ClN2. The van der Waals surface area contributed by atoms with Crippen LogP contribution in [-0.2, 0) is 6.42 Å². The van der Waals surface area contributed by atoms with Gasteiger partial charge in [0.2, 0.25) is 0 Å². The summed E-state index contributed by atoms with van der Waals surface area (Å²) in [5.74, 6) is 0. The summed E-state index contributed by atoms with van der Waals surface area (Å²) in [6, 6.07) is 11.8. The Bertz CT molecular complexity index is 707. The third-order valence-electron chi connectivity index (χ3n) is 2.87. The van der Waals surface area contributed by atoms with E-state index in [-0.39, 0.29) is 0 Å². The van der Waals surface area contributed by atoms with Crippen LogP contribution < -0.4 is 0 Å². The quantitative estimate of drug-likeness (QED) is 0.603. The number of nitrogens with zero attached hydrogens (tertiary/aromatic N) is 2. The van der Waals surface area contributed by atoms with Crippen LogP contribution in [0.5, 0.6) is 0 Å². The Morgan fingerprint density at radius 3 is 2.24 bits per heavy atom. The van der Waals surface area contributed by atoms with E-state index in [0.29, 0.717) is 5.02 Å². The molecule has 0 unspecified atom stereocenters. The molecule has 0 fully saturated rings. The maximum atomic E-state index is 5.95. The summed E-state index contributed by atoms with van der Waals surface area (Å²) >= 11 is 5.95. The maximum absolute atomic E-state index is 5.95. The first-order valence-corrected chi connectivity index (χ1v) is 6.00. The Labute approximate surface area is 104 Å². The van der Waals surface area contributed by atoms with Gasteiger partial charge in [-0.1, -0.05) is 24.6 Å². The summed E-state index contributed by atoms with van der Waals surface area (Å²) < 4.78 is 0. The van der Waals surface area contributed by atoms with Crippen LogP contribution in [0.1, 0.15) is 12.5 Å². The Hall–Kier alpha value is -1.67. The predicted molar refractivity (Wildman–Crippen MR) is 71.4 cm³/mol. The Morgan fingerprint density at radius 1 is 0.882 bits per heavy atom. The van der Waals surface area contributed by atoms with E-state index in [1.165, 1.54) is 5.56 Å². The first kappa shape index (κ1) is 10.5. The van der Waals surface area contributed by atoms with E-state index in [1.54, 1.807) is 0 Å². The molecule has 0 saturated carbocycles. The first-order chi connectivity index (χ1) is 8.26. The van der Waals surface area contributed by atoms with Crippen LogP contribution in [0.15, 0.2) is 36.4 Å². The summed E-state index contributed by atoms with van der Waals surface area (Å²) in [6.45, 7) is 2.13. The van der Waals surface area contributed by atoms with Crippen LogP contribution in [0.3, 0.4) is 0 Å². The lowest BCUT2D eigenvalue weighted by Gasteiger charge is -2.03. The zero-order chi connectivity index (χ0) is 11.8. The summed E-state index contributed by atoms with van der Waals surface area (Å²) in [7, 11) is 0. The second-order valence-corrected chi connectivity index (χ2v) is 4.47. The van der Waals surface area contributed by atoms with Crippen molar-refractivity contribution in [2.24, 2.45) is 0 Å². The number of benzene rings is 2. The Kier molecular flexibility index (Phi) is 2.45. The highest BCUT2D eigenvalue weighted by molar-refractivity contribution is 6.31. The molecule has 0 amide bonds. The number of hydrogen-bond acceptors (Lipinski definition) is 2. The molecule has 0 bridgehead atoms. The van der Waals surface area contributed by atoms with E-state index in [4.69, 9.17) is 11.6 Å². The molecule has 3 heteroatoms. The Balaban J connectivity index is 2.35. The third-order valence-corrected chi connectivity index (χ3v) is 3.10. The lowest BCUT2D eigenvalue weighted by Crippen LogP contribution is -1.89. The largest absolute Gasteiger partial charge is 0.244 e. The van der Waals surface area contributed by atoms with Gasteiger partial charge in [-0.25, -0.2) is 9.97 Å². The molecule has 0 N–H and O–H groups in total. The molecule has 0 radical (unpaired) electrons. The standard InChI is InChI=1S/C14H11ClN2/c1-2-9-3-5-11-13(7-9)16-12-6-4-10(15)8-14(12)17-11/h3-8H,2H2,1H3. The van der Waals surface area contributed by atoms with E-state index in [1.807, 2.05) is 24.3 Å². The fraction of sp³-hybridized carbons (Fsp3) is 0.143. The molecule has 3 aromatic rings. The summed E-state index contributed by atoms with van der Waals surface area (Å²) in [5, 5.41) is 0.691. The molecule has 2 aromatic carbocycles. The fourth-order valence-corrected chi connectivity index (χ4v) is 2.08. The minimum absolute atomic E-state index is 0.691. The van der Waals surface area contributed by atoms with Crippen molar-refractivity contribution in [2.75, 3.05) is 0 Å². The molecule has 0 spiro atoms. The van der Waals surface area contributed by atoms with E-state index < -0.39 is 0 Å². The molecule has 17 heavy (non-hydrogen) atoms. The van der Waals surface area contributed by atoms with Crippen LogP contribution in [-0.4, -0.2) is 9.97 Å². The van der Waals surface area contributed by atoms with Crippen LogP contribution in [0, 0.1) is 0 Å². The monoisotopic (exact) mass is 242 g/mol. The van der Waals surface area contributed by atoms with Gasteiger partial charge < -0.3 is 0 Å². The number of fused-ring (bicyclic) bond motifs is 2. The van der Waals surface area contributed by atoms with E-state index in [9.17, 15) is 0 Å². The van der Waals surface area contributed by atoms with Crippen molar-refractivity contribution in [3.63, 3.8) is 0 Å². The average Bonchev–Trinajstić information content (AvgIpc) is 2.35. The normalized spacial score (nSPS) is 11.2. The average molecular weight is 243 g/mol. The van der Waals surface area contributed by atoms with Crippen LogP contribution in [0.25, 0.3) is 22.1 Å². The molecule has 0 aliphatic carbocycles. The molecule has 0 aliphatic rings. The molecule has 1 heterocycles.